The average molecular weight is 335 g/mol. The standard InChI is InChI=1S/C20H29ClN2.H2/c1-15-3-2-4-17(7-5-15)23-11-9-20(10-12-23)14-22-19-8-6-16(21)13-18(19)20;/h6,8,13,15,17,22H,2-5,7,9-12,14H2,1H3;1H. The maximum absolute atomic E-state index is 6.27. The van der Waals surface area contributed by atoms with E-state index >= 15 is 0 Å². The van der Waals surface area contributed by atoms with Crippen molar-refractivity contribution >= 4 is 17.3 Å². The van der Waals surface area contributed by atoms with Gasteiger partial charge >= 0.3 is 0 Å². The molecule has 128 valence electrons. The number of piperidine rings is 1. The van der Waals surface area contributed by atoms with Crippen molar-refractivity contribution in [2.45, 2.75) is 63.3 Å². The van der Waals surface area contributed by atoms with E-state index in [0.717, 1.165) is 23.5 Å². The monoisotopic (exact) mass is 334 g/mol. The molecular weight excluding hydrogens is 304 g/mol. The van der Waals surface area contributed by atoms with Gasteiger partial charge in [-0.25, -0.2) is 0 Å². The Bertz CT molecular complexity index is 569. The number of fused-ring (bicyclic) bond motifs is 2. The topological polar surface area (TPSA) is 15.3 Å². The number of anilines is 1. The van der Waals surface area contributed by atoms with Crippen LogP contribution in [0.4, 0.5) is 5.69 Å². The highest BCUT2D eigenvalue weighted by molar-refractivity contribution is 6.30. The van der Waals surface area contributed by atoms with Crippen LogP contribution in [0.2, 0.25) is 5.02 Å². The molecule has 4 rings (SSSR count). The highest BCUT2D eigenvalue weighted by Crippen LogP contribution is 2.45. The van der Waals surface area contributed by atoms with E-state index in [9.17, 15) is 0 Å². The van der Waals surface area contributed by atoms with Crippen LogP contribution < -0.4 is 5.32 Å². The summed E-state index contributed by atoms with van der Waals surface area (Å²) >= 11 is 6.27. The SMILES string of the molecule is CC1CCCC(N2CCC3(CC2)CNc2ccc(Cl)cc23)CC1.[HH]. The molecule has 0 radical (unpaired) electrons. The van der Waals surface area contributed by atoms with Crippen molar-refractivity contribution in [3.05, 3.63) is 28.8 Å². The maximum atomic E-state index is 6.27. The maximum Gasteiger partial charge on any atom is 0.0410 e. The van der Waals surface area contributed by atoms with Crippen LogP contribution in [0.5, 0.6) is 0 Å². The van der Waals surface area contributed by atoms with Crippen molar-refractivity contribution in [1.29, 1.82) is 0 Å². The van der Waals surface area contributed by atoms with Gasteiger partial charge in [0.25, 0.3) is 0 Å². The molecule has 1 N–H and O–H groups in total. The van der Waals surface area contributed by atoms with Gasteiger partial charge in [0.1, 0.15) is 0 Å². The Morgan fingerprint density at radius 2 is 2.00 bits per heavy atom. The minimum Gasteiger partial charge on any atom is -0.384 e. The van der Waals surface area contributed by atoms with Gasteiger partial charge < -0.3 is 10.2 Å². The number of nitrogens with one attached hydrogen (secondary N) is 1. The lowest BCUT2D eigenvalue weighted by Crippen LogP contribution is -2.47. The smallest absolute Gasteiger partial charge is 0.0410 e. The van der Waals surface area contributed by atoms with E-state index in [4.69, 9.17) is 11.6 Å². The molecule has 1 saturated carbocycles. The molecule has 1 aromatic rings. The Morgan fingerprint density at radius 3 is 2.83 bits per heavy atom. The number of rotatable bonds is 1. The molecular formula is C20H31ClN2. The first-order valence-electron chi connectivity index (χ1n) is 9.44. The zero-order chi connectivity index (χ0) is 15.9. The summed E-state index contributed by atoms with van der Waals surface area (Å²) < 4.78 is 0. The van der Waals surface area contributed by atoms with E-state index in [1.807, 2.05) is 6.07 Å². The zero-order valence-corrected chi connectivity index (χ0v) is 15.0. The third kappa shape index (κ3) is 3.00. The number of hydrogen-bond donors (Lipinski definition) is 1. The fourth-order valence-electron chi connectivity index (χ4n) is 5.07. The second-order valence-corrected chi connectivity index (χ2v) is 8.56. The molecule has 2 atom stereocenters. The second-order valence-electron chi connectivity index (χ2n) is 8.13. The van der Waals surface area contributed by atoms with Crippen LogP contribution >= 0.6 is 11.6 Å². The number of likely N-dealkylation sites (tertiary alicyclic amines) is 1. The molecule has 1 aromatic carbocycles. The van der Waals surface area contributed by atoms with E-state index in [0.29, 0.717) is 5.41 Å². The summed E-state index contributed by atoms with van der Waals surface area (Å²) in [6.07, 6.45) is 9.66. The first-order chi connectivity index (χ1) is 11.2. The summed E-state index contributed by atoms with van der Waals surface area (Å²) in [7, 11) is 0. The summed E-state index contributed by atoms with van der Waals surface area (Å²) in [5.41, 5.74) is 3.11. The van der Waals surface area contributed by atoms with Crippen molar-refractivity contribution in [3.63, 3.8) is 0 Å². The Morgan fingerprint density at radius 1 is 1.17 bits per heavy atom. The van der Waals surface area contributed by atoms with E-state index in [1.165, 1.54) is 69.3 Å². The van der Waals surface area contributed by atoms with E-state index < -0.39 is 0 Å². The molecule has 0 aromatic heterocycles. The molecule has 2 unspecified atom stereocenters. The first kappa shape index (κ1) is 15.8. The molecule has 3 heteroatoms. The molecule has 1 spiro atoms. The zero-order valence-electron chi connectivity index (χ0n) is 14.3. The predicted molar refractivity (Wildman–Crippen MR) is 101 cm³/mol. The molecule has 0 amide bonds. The van der Waals surface area contributed by atoms with Crippen LogP contribution in [0.25, 0.3) is 0 Å². The Labute approximate surface area is 147 Å². The van der Waals surface area contributed by atoms with Crippen LogP contribution in [-0.2, 0) is 5.41 Å². The summed E-state index contributed by atoms with van der Waals surface area (Å²) in [5.74, 6) is 0.934. The van der Waals surface area contributed by atoms with Crippen LogP contribution in [0.1, 0.15) is 58.9 Å². The van der Waals surface area contributed by atoms with Crippen LogP contribution in [0.15, 0.2) is 18.2 Å². The van der Waals surface area contributed by atoms with Gasteiger partial charge in [0.15, 0.2) is 0 Å². The van der Waals surface area contributed by atoms with Gasteiger partial charge in [0.05, 0.1) is 0 Å². The van der Waals surface area contributed by atoms with E-state index in [1.54, 1.807) is 0 Å². The van der Waals surface area contributed by atoms with Gasteiger partial charge in [-0.15, -0.1) is 0 Å². The van der Waals surface area contributed by atoms with Crippen LogP contribution in [-0.4, -0.2) is 30.6 Å². The highest BCUT2D eigenvalue weighted by atomic mass is 35.5. The Hall–Kier alpha value is -0.730. The second kappa shape index (κ2) is 6.29. The Balaban J connectivity index is 0.00000169. The lowest BCUT2D eigenvalue weighted by atomic mass is 9.74. The number of nitrogens with zero attached hydrogens (tertiary/aromatic N) is 1. The van der Waals surface area contributed by atoms with Gasteiger partial charge in [-0.05, 0) is 74.9 Å². The van der Waals surface area contributed by atoms with Crippen molar-refractivity contribution < 1.29 is 1.43 Å². The quantitative estimate of drug-likeness (QED) is 0.700. The fourth-order valence-corrected chi connectivity index (χ4v) is 5.24. The van der Waals surface area contributed by atoms with Crippen molar-refractivity contribution in [3.8, 4) is 0 Å². The largest absolute Gasteiger partial charge is 0.384 e. The first-order valence-corrected chi connectivity index (χ1v) is 9.82. The van der Waals surface area contributed by atoms with Crippen LogP contribution in [0.3, 0.4) is 0 Å². The molecule has 1 saturated heterocycles. The average Bonchev–Trinajstić information content (AvgIpc) is 2.75. The number of hydrogen-bond acceptors (Lipinski definition) is 2. The highest BCUT2D eigenvalue weighted by Gasteiger charge is 2.42. The van der Waals surface area contributed by atoms with Crippen molar-refractivity contribution in [1.82, 2.24) is 4.90 Å². The van der Waals surface area contributed by atoms with Gasteiger partial charge in [0.2, 0.25) is 0 Å². The molecule has 23 heavy (non-hydrogen) atoms. The van der Waals surface area contributed by atoms with E-state index in [2.05, 4.69) is 29.3 Å². The summed E-state index contributed by atoms with van der Waals surface area (Å²) in [6, 6.07) is 7.21. The van der Waals surface area contributed by atoms with Crippen molar-refractivity contribution in [2.75, 3.05) is 25.0 Å². The predicted octanol–water partition coefficient (Wildman–Crippen LogP) is 5.31. The van der Waals surface area contributed by atoms with Gasteiger partial charge in [0, 0.05) is 30.1 Å². The summed E-state index contributed by atoms with van der Waals surface area (Å²) in [6.45, 7) is 6.04. The molecule has 2 aliphatic heterocycles. The minimum absolute atomic E-state index is 0. The Kier molecular flexibility index (Phi) is 4.32. The fraction of sp³-hybridized carbons (Fsp3) is 0.700. The van der Waals surface area contributed by atoms with Gasteiger partial charge in [-0.3, -0.25) is 0 Å². The summed E-state index contributed by atoms with van der Waals surface area (Å²) in [4.78, 5) is 2.80. The summed E-state index contributed by atoms with van der Waals surface area (Å²) in [5, 5.41) is 4.50. The lowest BCUT2D eigenvalue weighted by molar-refractivity contribution is 0.111. The van der Waals surface area contributed by atoms with Crippen LogP contribution in [0, 0.1) is 5.92 Å². The third-order valence-corrected chi connectivity index (χ3v) is 6.90. The number of halogens is 1. The molecule has 3 aliphatic rings. The van der Waals surface area contributed by atoms with Crippen molar-refractivity contribution in [2.24, 2.45) is 5.92 Å². The normalized spacial score (nSPS) is 30.7. The number of benzene rings is 1. The minimum atomic E-state index is 0. The molecule has 0 bridgehead atoms. The molecule has 2 heterocycles. The van der Waals surface area contributed by atoms with Gasteiger partial charge in [-0.2, -0.15) is 0 Å². The van der Waals surface area contributed by atoms with E-state index in [-0.39, 0.29) is 1.43 Å². The molecule has 1 aliphatic carbocycles. The van der Waals surface area contributed by atoms with Gasteiger partial charge in [-0.1, -0.05) is 31.4 Å². The molecule has 2 fully saturated rings. The molecule has 2 nitrogen and oxygen atoms in total. The third-order valence-electron chi connectivity index (χ3n) is 6.67. The lowest BCUT2D eigenvalue weighted by Gasteiger charge is -2.42.